The summed E-state index contributed by atoms with van der Waals surface area (Å²) < 4.78 is 5.78. The molecule has 3 rings (SSSR count). The van der Waals surface area contributed by atoms with E-state index >= 15 is 0 Å². The minimum absolute atomic E-state index is 0.434. The predicted octanol–water partition coefficient (Wildman–Crippen LogP) is 3.05. The Morgan fingerprint density at radius 3 is 3.06 bits per heavy atom. The third kappa shape index (κ3) is 2.16. The first-order valence-corrected chi connectivity index (χ1v) is 7.23. The van der Waals surface area contributed by atoms with E-state index in [4.69, 9.17) is 4.74 Å². The summed E-state index contributed by atoms with van der Waals surface area (Å²) >= 11 is 1.76. The number of benzene rings is 1. The Kier molecular flexibility index (Phi) is 3.35. The molecule has 2 unspecified atom stereocenters. The summed E-state index contributed by atoms with van der Waals surface area (Å²) in [6, 6.07) is 11.0. The summed E-state index contributed by atoms with van der Waals surface area (Å²) in [5.74, 6) is 1.50. The molecule has 94 valence electrons. The lowest BCUT2D eigenvalue weighted by Gasteiger charge is -2.22. The fourth-order valence-corrected chi connectivity index (χ4v) is 3.31. The van der Waals surface area contributed by atoms with Crippen molar-refractivity contribution in [3.63, 3.8) is 0 Å². The van der Waals surface area contributed by atoms with Gasteiger partial charge in [0.2, 0.25) is 0 Å². The average molecular weight is 259 g/mol. The SMILES string of the molecule is CNC(Cc1ccsc1)C1COc2ccccc21. The van der Waals surface area contributed by atoms with Crippen LogP contribution in [0.5, 0.6) is 5.75 Å². The van der Waals surface area contributed by atoms with Crippen LogP contribution >= 0.6 is 11.3 Å². The molecule has 0 fully saturated rings. The number of fused-ring (bicyclic) bond motifs is 1. The molecule has 0 aliphatic carbocycles. The monoisotopic (exact) mass is 259 g/mol. The van der Waals surface area contributed by atoms with Gasteiger partial charge in [0.25, 0.3) is 0 Å². The highest BCUT2D eigenvalue weighted by Crippen LogP contribution is 2.36. The molecule has 1 N–H and O–H groups in total. The molecule has 0 spiro atoms. The van der Waals surface area contributed by atoms with Gasteiger partial charge in [-0.2, -0.15) is 11.3 Å². The van der Waals surface area contributed by atoms with Crippen LogP contribution < -0.4 is 10.1 Å². The van der Waals surface area contributed by atoms with Crippen molar-refractivity contribution in [2.75, 3.05) is 13.7 Å². The first-order valence-electron chi connectivity index (χ1n) is 6.28. The van der Waals surface area contributed by atoms with Crippen molar-refractivity contribution in [1.82, 2.24) is 5.32 Å². The number of para-hydroxylation sites is 1. The number of likely N-dealkylation sites (N-methyl/N-ethyl adjacent to an activating group) is 1. The van der Waals surface area contributed by atoms with E-state index in [-0.39, 0.29) is 0 Å². The molecule has 1 aromatic carbocycles. The van der Waals surface area contributed by atoms with Gasteiger partial charge in [-0.1, -0.05) is 18.2 Å². The first-order chi connectivity index (χ1) is 8.88. The molecule has 2 atom stereocenters. The van der Waals surface area contributed by atoms with Gasteiger partial charge in [-0.25, -0.2) is 0 Å². The van der Waals surface area contributed by atoms with Gasteiger partial charge in [-0.3, -0.25) is 0 Å². The van der Waals surface area contributed by atoms with Crippen LogP contribution in [0.2, 0.25) is 0 Å². The molecule has 1 aliphatic heterocycles. The van der Waals surface area contributed by atoms with Gasteiger partial charge in [0.1, 0.15) is 5.75 Å². The lowest BCUT2D eigenvalue weighted by Crippen LogP contribution is -2.34. The molecule has 1 aliphatic rings. The molecular weight excluding hydrogens is 242 g/mol. The average Bonchev–Trinajstić information content (AvgIpc) is 3.05. The zero-order chi connectivity index (χ0) is 12.4. The summed E-state index contributed by atoms with van der Waals surface area (Å²) in [7, 11) is 2.04. The lowest BCUT2D eigenvalue weighted by atomic mass is 9.90. The van der Waals surface area contributed by atoms with Gasteiger partial charge in [0.15, 0.2) is 0 Å². The van der Waals surface area contributed by atoms with Crippen molar-refractivity contribution in [1.29, 1.82) is 0 Å². The minimum atomic E-state index is 0.434. The molecule has 2 heterocycles. The number of rotatable bonds is 4. The van der Waals surface area contributed by atoms with Crippen molar-refractivity contribution >= 4 is 11.3 Å². The first kappa shape index (κ1) is 11.8. The number of ether oxygens (including phenoxy) is 1. The summed E-state index contributed by atoms with van der Waals surface area (Å²) in [5.41, 5.74) is 2.75. The normalized spacial score (nSPS) is 19.3. The molecule has 1 aromatic heterocycles. The van der Waals surface area contributed by atoms with E-state index in [1.165, 1.54) is 11.1 Å². The van der Waals surface area contributed by atoms with Gasteiger partial charge in [0.05, 0.1) is 6.61 Å². The molecular formula is C15H17NOS. The van der Waals surface area contributed by atoms with E-state index in [2.05, 4.69) is 40.3 Å². The Bertz CT molecular complexity index is 509. The maximum atomic E-state index is 5.78. The zero-order valence-corrected chi connectivity index (χ0v) is 11.2. The predicted molar refractivity (Wildman–Crippen MR) is 75.5 cm³/mol. The summed E-state index contributed by atoms with van der Waals surface area (Å²) in [5, 5.41) is 7.82. The Morgan fingerprint density at radius 2 is 2.28 bits per heavy atom. The van der Waals surface area contributed by atoms with Crippen LogP contribution in [-0.2, 0) is 6.42 Å². The van der Waals surface area contributed by atoms with Crippen LogP contribution in [0.15, 0.2) is 41.1 Å². The minimum Gasteiger partial charge on any atom is -0.493 e. The molecule has 3 heteroatoms. The molecule has 0 saturated heterocycles. The van der Waals surface area contributed by atoms with E-state index in [1.54, 1.807) is 11.3 Å². The molecule has 2 nitrogen and oxygen atoms in total. The van der Waals surface area contributed by atoms with Crippen LogP contribution in [0, 0.1) is 0 Å². The molecule has 0 amide bonds. The number of nitrogens with one attached hydrogen (secondary N) is 1. The molecule has 0 radical (unpaired) electrons. The second-order valence-electron chi connectivity index (χ2n) is 4.69. The van der Waals surface area contributed by atoms with E-state index in [0.717, 1.165) is 18.8 Å². The van der Waals surface area contributed by atoms with Gasteiger partial charge >= 0.3 is 0 Å². The third-order valence-corrected chi connectivity index (χ3v) is 4.36. The van der Waals surface area contributed by atoms with E-state index in [1.807, 2.05) is 13.1 Å². The Balaban J connectivity index is 1.81. The van der Waals surface area contributed by atoms with Crippen LogP contribution in [-0.4, -0.2) is 19.7 Å². The molecule has 2 aromatic rings. The quantitative estimate of drug-likeness (QED) is 0.911. The largest absolute Gasteiger partial charge is 0.493 e. The van der Waals surface area contributed by atoms with E-state index in [0.29, 0.717) is 12.0 Å². The highest BCUT2D eigenvalue weighted by Gasteiger charge is 2.30. The highest BCUT2D eigenvalue weighted by atomic mass is 32.1. The Hall–Kier alpha value is -1.32. The number of hydrogen-bond acceptors (Lipinski definition) is 3. The highest BCUT2D eigenvalue weighted by molar-refractivity contribution is 7.07. The van der Waals surface area contributed by atoms with Crippen LogP contribution in [0.1, 0.15) is 17.0 Å². The Labute approximate surface area is 112 Å². The van der Waals surface area contributed by atoms with Crippen molar-refractivity contribution in [2.45, 2.75) is 18.4 Å². The summed E-state index contributed by atoms with van der Waals surface area (Å²) in [4.78, 5) is 0. The van der Waals surface area contributed by atoms with Crippen molar-refractivity contribution < 1.29 is 4.74 Å². The second kappa shape index (κ2) is 5.12. The Morgan fingerprint density at radius 1 is 1.39 bits per heavy atom. The summed E-state index contributed by atoms with van der Waals surface area (Å²) in [6.07, 6.45) is 1.06. The molecule has 0 bridgehead atoms. The van der Waals surface area contributed by atoms with Crippen molar-refractivity contribution in [3.05, 3.63) is 52.2 Å². The fourth-order valence-electron chi connectivity index (χ4n) is 2.63. The third-order valence-electron chi connectivity index (χ3n) is 3.63. The second-order valence-corrected chi connectivity index (χ2v) is 5.47. The van der Waals surface area contributed by atoms with Crippen LogP contribution in [0.3, 0.4) is 0 Å². The van der Waals surface area contributed by atoms with E-state index in [9.17, 15) is 0 Å². The summed E-state index contributed by atoms with van der Waals surface area (Å²) in [6.45, 7) is 0.787. The smallest absolute Gasteiger partial charge is 0.122 e. The maximum absolute atomic E-state index is 5.78. The van der Waals surface area contributed by atoms with Crippen LogP contribution in [0.25, 0.3) is 0 Å². The zero-order valence-electron chi connectivity index (χ0n) is 10.4. The van der Waals surface area contributed by atoms with Gasteiger partial charge < -0.3 is 10.1 Å². The standard InChI is InChI=1S/C15H17NOS/c1-16-14(8-11-6-7-18-10-11)13-9-17-15-5-3-2-4-12(13)15/h2-7,10,13-14,16H,8-9H2,1H3. The van der Waals surface area contributed by atoms with Crippen molar-refractivity contribution in [2.24, 2.45) is 0 Å². The lowest BCUT2D eigenvalue weighted by molar-refractivity contribution is 0.302. The van der Waals surface area contributed by atoms with Crippen LogP contribution in [0.4, 0.5) is 0 Å². The molecule has 18 heavy (non-hydrogen) atoms. The maximum Gasteiger partial charge on any atom is 0.122 e. The number of thiophene rings is 1. The number of hydrogen-bond donors (Lipinski definition) is 1. The van der Waals surface area contributed by atoms with Gasteiger partial charge in [-0.05, 0) is 41.9 Å². The van der Waals surface area contributed by atoms with E-state index < -0.39 is 0 Å². The van der Waals surface area contributed by atoms with Gasteiger partial charge in [-0.15, -0.1) is 0 Å². The van der Waals surface area contributed by atoms with Crippen molar-refractivity contribution in [3.8, 4) is 5.75 Å². The topological polar surface area (TPSA) is 21.3 Å². The van der Waals surface area contributed by atoms with Gasteiger partial charge in [0, 0.05) is 17.5 Å². The fraction of sp³-hybridized carbons (Fsp3) is 0.333. The molecule has 0 saturated carbocycles.